The minimum atomic E-state index is -0.754. The topological polar surface area (TPSA) is 58.6 Å². The van der Waals surface area contributed by atoms with Gasteiger partial charge in [-0.25, -0.2) is 4.39 Å². The van der Waals surface area contributed by atoms with E-state index in [1.807, 2.05) is 0 Å². The number of ether oxygens (including phenoxy) is 1. The fourth-order valence-electron chi connectivity index (χ4n) is 1.58. The van der Waals surface area contributed by atoms with Crippen LogP contribution >= 0.6 is 0 Å². The van der Waals surface area contributed by atoms with E-state index in [2.05, 4.69) is 5.32 Å². The SMILES string of the molecule is COCC(O)CNC(=O)/C=C(/C)c1ccccc1F. The summed E-state index contributed by atoms with van der Waals surface area (Å²) in [4.78, 5) is 11.6. The third-order valence-electron chi connectivity index (χ3n) is 2.52. The smallest absolute Gasteiger partial charge is 0.244 e. The van der Waals surface area contributed by atoms with Gasteiger partial charge < -0.3 is 15.2 Å². The van der Waals surface area contributed by atoms with E-state index in [1.165, 1.54) is 19.3 Å². The highest BCUT2D eigenvalue weighted by Crippen LogP contribution is 2.16. The van der Waals surface area contributed by atoms with Crippen LogP contribution in [0.2, 0.25) is 0 Å². The Labute approximate surface area is 111 Å². The van der Waals surface area contributed by atoms with E-state index < -0.39 is 6.10 Å². The van der Waals surface area contributed by atoms with Gasteiger partial charge in [-0.05, 0) is 18.6 Å². The van der Waals surface area contributed by atoms with Gasteiger partial charge in [0.05, 0.1) is 12.7 Å². The molecule has 0 heterocycles. The van der Waals surface area contributed by atoms with Gasteiger partial charge in [0.25, 0.3) is 0 Å². The van der Waals surface area contributed by atoms with Crippen molar-refractivity contribution in [1.82, 2.24) is 5.32 Å². The van der Waals surface area contributed by atoms with E-state index in [-0.39, 0.29) is 24.9 Å². The fraction of sp³-hybridized carbons (Fsp3) is 0.357. The Bertz CT molecular complexity index is 460. The van der Waals surface area contributed by atoms with Gasteiger partial charge in [-0.3, -0.25) is 4.79 Å². The van der Waals surface area contributed by atoms with Gasteiger partial charge in [-0.2, -0.15) is 0 Å². The molecule has 0 bridgehead atoms. The predicted octanol–water partition coefficient (Wildman–Crippen LogP) is 1.35. The Morgan fingerprint density at radius 3 is 2.84 bits per heavy atom. The normalized spacial score (nSPS) is 13.2. The number of aliphatic hydroxyl groups is 1. The first-order valence-corrected chi connectivity index (χ1v) is 5.92. The third kappa shape index (κ3) is 5.19. The van der Waals surface area contributed by atoms with Crippen LogP contribution < -0.4 is 5.32 Å². The van der Waals surface area contributed by atoms with Crippen molar-refractivity contribution in [2.75, 3.05) is 20.3 Å². The highest BCUT2D eigenvalue weighted by Gasteiger charge is 2.07. The molecule has 1 atom stereocenters. The number of aliphatic hydroxyl groups excluding tert-OH is 1. The quantitative estimate of drug-likeness (QED) is 0.765. The number of nitrogens with one attached hydrogen (secondary N) is 1. The van der Waals surface area contributed by atoms with E-state index in [9.17, 15) is 14.3 Å². The van der Waals surface area contributed by atoms with Crippen LogP contribution in [0.3, 0.4) is 0 Å². The molecule has 19 heavy (non-hydrogen) atoms. The molecular weight excluding hydrogens is 249 g/mol. The maximum Gasteiger partial charge on any atom is 0.244 e. The average molecular weight is 267 g/mol. The van der Waals surface area contributed by atoms with Crippen LogP contribution in [0, 0.1) is 5.82 Å². The summed E-state index contributed by atoms with van der Waals surface area (Å²) in [6.45, 7) is 1.90. The van der Waals surface area contributed by atoms with Crippen LogP contribution in [-0.4, -0.2) is 37.4 Å². The second kappa shape index (κ2) is 7.66. The summed E-state index contributed by atoms with van der Waals surface area (Å²) in [7, 11) is 1.47. The highest BCUT2D eigenvalue weighted by molar-refractivity contribution is 5.94. The molecule has 104 valence electrons. The highest BCUT2D eigenvalue weighted by atomic mass is 19.1. The zero-order valence-electron chi connectivity index (χ0n) is 11.0. The lowest BCUT2D eigenvalue weighted by Gasteiger charge is -2.10. The molecule has 0 aliphatic heterocycles. The molecule has 0 aromatic heterocycles. The number of hydrogen-bond donors (Lipinski definition) is 2. The predicted molar refractivity (Wildman–Crippen MR) is 70.9 cm³/mol. The number of methoxy groups -OCH3 is 1. The molecule has 1 aromatic rings. The van der Waals surface area contributed by atoms with E-state index in [1.54, 1.807) is 25.1 Å². The van der Waals surface area contributed by atoms with Gasteiger partial charge in [-0.1, -0.05) is 18.2 Å². The van der Waals surface area contributed by atoms with Crippen LogP contribution in [0.1, 0.15) is 12.5 Å². The minimum absolute atomic E-state index is 0.0910. The van der Waals surface area contributed by atoms with Crippen LogP contribution in [-0.2, 0) is 9.53 Å². The van der Waals surface area contributed by atoms with E-state index in [0.717, 1.165) is 0 Å². The number of rotatable bonds is 6. The molecule has 0 saturated carbocycles. The van der Waals surface area contributed by atoms with E-state index >= 15 is 0 Å². The first kappa shape index (κ1) is 15.3. The van der Waals surface area contributed by atoms with Gasteiger partial charge in [-0.15, -0.1) is 0 Å². The summed E-state index contributed by atoms with van der Waals surface area (Å²) < 4.78 is 18.2. The zero-order valence-corrected chi connectivity index (χ0v) is 11.0. The Morgan fingerprint density at radius 1 is 1.53 bits per heavy atom. The fourth-order valence-corrected chi connectivity index (χ4v) is 1.58. The lowest BCUT2D eigenvalue weighted by Crippen LogP contribution is -2.33. The van der Waals surface area contributed by atoms with Crippen molar-refractivity contribution >= 4 is 11.5 Å². The van der Waals surface area contributed by atoms with Crippen molar-refractivity contribution in [1.29, 1.82) is 0 Å². The largest absolute Gasteiger partial charge is 0.389 e. The van der Waals surface area contributed by atoms with Gasteiger partial charge in [0, 0.05) is 25.3 Å². The monoisotopic (exact) mass is 267 g/mol. The molecule has 1 unspecified atom stereocenters. The molecule has 0 fully saturated rings. The lowest BCUT2D eigenvalue weighted by atomic mass is 10.1. The van der Waals surface area contributed by atoms with Crippen LogP contribution in [0.4, 0.5) is 4.39 Å². The average Bonchev–Trinajstić information content (AvgIpc) is 2.37. The molecule has 0 saturated heterocycles. The maximum atomic E-state index is 13.5. The second-order valence-corrected chi connectivity index (χ2v) is 4.16. The van der Waals surface area contributed by atoms with Crippen molar-refractivity contribution in [3.05, 3.63) is 41.7 Å². The van der Waals surface area contributed by atoms with Crippen LogP contribution in [0.5, 0.6) is 0 Å². The summed E-state index contributed by atoms with van der Waals surface area (Å²) >= 11 is 0. The summed E-state index contributed by atoms with van der Waals surface area (Å²) in [5.41, 5.74) is 0.909. The maximum absolute atomic E-state index is 13.5. The van der Waals surface area contributed by atoms with Crippen molar-refractivity contribution in [2.45, 2.75) is 13.0 Å². The van der Waals surface area contributed by atoms with Crippen molar-refractivity contribution < 1.29 is 19.0 Å². The number of carbonyl (C=O) groups excluding carboxylic acids is 1. The Morgan fingerprint density at radius 2 is 2.21 bits per heavy atom. The molecule has 0 aliphatic carbocycles. The Balaban J connectivity index is 2.59. The summed E-state index contributed by atoms with van der Waals surface area (Å²) in [6.07, 6.45) is 0.550. The molecule has 1 rings (SSSR count). The summed E-state index contributed by atoms with van der Waals surface area (Å²) in [5, 5.41) is 11.9. The van der Waals surface area contributed by atoms with Gasteiger partial charge in [0.2, 0.25) is 5.91 Å². The van der Waals surface area contributed by atoms with E-state index in [0.29, 0.717) is 11.1 Å². The van der Waals surface area contributed by atoms with Gasteiger partial charge >= 0.3 is 0 Å². The molecule has 2 N–H and O–H groups in total. The number of benzene rings is 1. The first-order valence-electron chi connectivity index (χ1n) is 5.92. The molecule has 1 aromatic carbocycles. The second-order valence-electron chi connectivity index (χ2n) is 4.16. The number of hydrogen-bond acceptors (Lipinski definition) is 3. The number of halogens is 1. The summed E-state index contributed by atoms with van der Waals surface area (Å²) in [5.74, 6) is -0.751. The molecule has 5 heteroatoms. The standard InChI is InChI=1S/C14H18FNO3/c1-10(12-5-3-4-6-13(12)15)7-14(18)16-8-11(17)9-19-2/h3-7,11,17H,8-9H2,1-2H3,(H,16,18)/b10-7-. The Hall–Kier alpha value is -1.72. The first-order chi connectivity index (χ1) is 9.04. The molecule has 0 aliphatic rings. The van der Waals surface area contributed by atoms with Crippen molar-refractivity contribution in [2.24, 2.45) is 0 Å². The number of amides is 1. The third-order valence-corrected chi connectivity index (χ3v) is 2.52. The van der Waals surface area contributed by atoms with Gasteiger partial charge in [0.15, 0.2) is 0 Å². The molecule has 4 nitrogen and oxygen atoms in total. The molecule has 0 radical (unpaired) electrons. The number of allylic oxidation sites excluding steroid dienone is 1. The zero-order chi connectivity index (χ0) is 14.3. The van der Waals surface area contributed by atoms with E-state index in [4.69, 9.17) is 4.74 Å². The summed E-state index contributed by atoms with van der Waals surface area (Å²) in [6, 6.07) is 6.24. The minimum Gasteiger partial charge on any atom is -0.389 e. The Kier molecular flexibility index (Phi) is 6.18. The molecule has 0 spiro atoms. The van der Waals surface area contributed by atoms with Gasteiger partial charge in [0.1, 0.15) is 5.82 Å². The van der Waals surface area contributed by atoms with Crippen molar-refractivity contribution in [3.63, 3.8) is 0 Å². The molecule has 1 amide bonds. The number of carbonyl (C=O) groups is 1. The lowest BCUT2D eigenvalue weighted by molar-refractivity contribution is -0.117. The van der Waals surface area contributed by atoms with Crippen LogP contribution in [0.15, 0.2) is 30.3 Å². The molecular formula is C14H18FNO3. The van der Waals surface area contributed by atoms with Crippen LogP contribution in [0.25, 0.3) is 5.57 Å². The van der Waals surface area contributed by atoms with Crippen molar-refractivity contribution in [3.8, 4) is 0 Å².